The van der Waals surface area contributed by atoms with Gasteiger partial charge in [0.2, 0.25) is 0 Å². The third-order valence-corrected chi connectivity index (χ3v) is 4.06. The van der Waals surface area contributed by atoms with E-state index in [0.29, 0.717) is 0 Å². The first-order valence-corrected chi connectivity index (χ1v) is 6.89. The van der Waals surface area contributed by atoms with Gasteiger partial charge >= 0.3 is 0 Å². The van der Waals surface area contributed by atoms with Crippen LogP contribution >= 0.6 is 50.1 Å². The lowest BCUT2D eigenvalue weighted by Gasteiger charge is -2.19. The average Bonchev–Trinajstić information content (AvgIpc) is 2.15. The van der Waals surface area contributed by atoms with Gasteiger partial charge in [-0.3, -0.25) is 0 Å². The maximum absolute atomic E-state index is 6.13. The fourth-order valence-electron chi connectivity index (χ4n) is 1.23. The molecule has 1 aromatic carbocycles. The van der Waals surface area contributed by atoms with Crippen LogP contribution in [0.25, 0.3) is 5.03 Å². The Labute approximate surface area is 118 Å². The van der Waals surface area contributed by atoms with Crippen LogP contribution in [0.15, 0.2) is 26.8 Å². The fraction of sp³-hybridized carbons (Fsp3) is 0.333. The number of halogens is 3. The van der Waals surface area contributed by atoms with Crippen LogP contribution in [0.5, 0.6) is 0 Å². The van der Waals surface area contributed by atoms with Gasteiger partial charge in [0.25, 0.3) is 0 Å². The molecule has 1 aromatic rings. The topological polar surface area (TPSA) is 0 Å². The van der Waals surface area contributed by atoms with Gasteiger partial charge in [0.1, 0.15) is 0 Å². The summed E-state index contributed by atoms with van der Waals surface area (Å²) >= 11 is 11.7. The molecule has 15 heavy (non-hydrogen) atoms. The Hall–Kier alpha value is 0.460. The Kier molecular flexibility index (Phi) is 4.68. The summed E-state index contributed by atoms with van der Waals surface area (Å²) in [5, 5.41) is 0.760. The molecule has 0 amide bonds. The van der Waals surface area contributed by atoms with Crippen molar-refractivity contribution >= 4 is 55.2 Å². The lowest BCUT2D eigenvalue weighted by molar-refractivity contribution is 0.590. The lowest BCUT2D eigenvalue weighted by atomic mass is 9.87. The van der Waals surface area contributed by atoms with Gasteiger partial charge in [-0.15, -0.1) is 0 Å². The Morgan fingerprint density at radius 1 is 1.20 bits per heavy atom. The van der Waals surface area contributed by atoms with Gasteiger partial charge in [-0.2, -0.15) is 0 Å². The van der Waals surface area contributed by atoms with E-state index in [2.05, 4.69) is 83.6 Å². The number of hydrogen-bond donors (Lipinski definition) is 0. The van der Waals surface area contributed by atoms with E-state index in [-0.39, 0.29) is 5.41 Å². The van der Waals surface area contributed by atoms with E-state index in [1.54, 1.807) is 0 Å². The molecule has 0 saturated carbocycles. The molecule has 0 spiro atoms. The molecule has 0 aromatic heterocycles. The summed E-state index contributed by atoms with van der Waals surface area (Å²) in [7, 11) is 0. The summed E-state index contributed by atoms with van der Waals surface area (Å²) in [6.07, 6.45) is 0. The predicted octanol–water partition coefficient (Wildman–Crippen LogP) is 5.68. The van der Waals surface area contributed by atoms with Crippen molar-refractivity contribution in [3.05, 3.63) is 37.9 Å². The lowest BCUT2D eigenvalue weighted by Crippen LogP contribution is -2.10. The minimum atomic E-state index is 0.191. The quantitative estimate of drug-likeness (QED) is 0.533. The van der Waals surface area contributed by atoms with Crippen LogP contribution in [0.3, 0.4) is 0 Å². The minimum Gasteiger partial charge on any atom is -0.0819 e. The van der Waals surface area contributed by atoms with Crippen LogP contribution in [0.1, 0.15) is 31.9 Å². The molecule has 1 rings (SSSR count). The third-order valence-electron chi connectivity index (χ3n) is 2.17. The number of benzene rings is 1. The molecular weight excluding hydrogens is 386 g/mol. The summed E-state index contributed by atoms with van der Waals surface area (Å²) in [6.45, 7) is 6.61. The van der Waals surface area contributed by atoms with Crippen LogP contribution in [0.4, 0.5) is 0 Å². The highest BCUT2D eigenvalue weighted by molar-refractivity contribution is 14.1. The van der Waals surface area contributed by atoms with Crippen molar-refractivity contribution in [3.63, 3.8) is 0 Å². The first kappa shape index (κ1) is 13.5. The monoisotopic (exact) mass is 398 g/mol. The Bertz CT molecular complexity index is 370. The Balaban J connectivity index is 3.07. The molecule has 0 bridgehead atoms. The van der Waals surface area contributed by atoms with Gasteiger partial charge in [-0.05, 0) is 55.1 Å². The van der Waals surface area contributed by atoms with E-state index in [1.807, 2.05) is 0 Å². The van der Waals surface area contributed by atoms with Crippen molar-refractivity contribution in [1.82, 2.24) is 0 Å². The maximum atomic E-state index is 6.13. The maximum Gasteiger partial charge on any atom is 0.0751 e. The van der Waals surface area contributed by atoms with Crippen LogP contribution < -0.4 is 0 Å². The van der Waals surface area contributed by atoms with E-state index < -0.39 is 0 Å². The highest BCUT2D eigenvalue weighted by Crippen LogP contribution is 2.32. The molecule has 0 N–H and O–H groups in total. The molecule has 0 radical (unpaired) electrons. The van der Waals surface area contributed by atoms with Gasteiger partial charge in [-0.1, -0.05) is 56.6 Å². The van der Waals surface area contributed by atoms with Crippen molar-refractivity contribution in [3.8, 4) is 0 Å². The van der Waals surface area contributed by atoms with Crippen molar-refractivity contribution in [1.29, 1.82) is 0 Å². The predicted molar refractivity (Wildman–Crippen MR) is 80.9 cm³/mol. The fourth-order valence-corrected chi connectivity index (χ4v) is 1.89. The zero-order chi connectivity index (χ0) is 11.6. The summed E-state index contributed by atoms with van der Waals surface area (Å²) in [6, 6.07) is 8.38. The smallest absolute Gasteiger partial charge is 0.0751 e. The second-order valence-electron chi connectivity index (χ2n) is 4.40. The molecule has 82 valence electrons. The largest absolute Gasteiger partial charge is 0.0819 e. The zero-order valence-electron chi connectivity index (χ0n) is 8.94. The molecule has 0 fully saturated rings. The first-order chi connectivity index (χ1) is 6.82. The highest BCUT2D eigenvalue weighted by Gasteiger charge is 2.13. The molecule has 0 heterocycles. The molecule has 0 aliphatic rings. The third kappa shape index (κ3) is 3.75. The van der Waals surface area contributed by atoms with Crippen molar-refractivity contribution in [2.75, 3.05) is 0 Å². The first-order valence-electron chi connectivity index (χ1n) is 4.64. The van der Waals surface area contributed by atoms with E-state index in [0.717, 1.165) is 13.1 Å². The molecule has 0 atom stereocenters. The zero-order valence-corrected chi connectivity index (χ0v) is 13.4. The van der Waals surface area contributed by atoms with Crippen LogP contribution in [-0.4, -0.2) is 0 Å². The average molecular weight is 399 g/mol. The summed E-state index contributed by atoms with van der Waals surface area (Å²) in [5.41, 5.74) is 2.56. The van der Waals surface area contributed by atoms with Gasteiger partial charge in [0, 0.05) is 0 Å². The number of hydrogen-bond acceptors (Lipinski definition) is 0. The number of rotatable bonds is 1. The van der Waals surface area contributed by atoms with Crippen molar-refractivity contribution in [2.24, 2.45) is 0 Å². The summed E-state index contributed by atoms with van der Waals surface area (Å²) in [4.78, 5) is 0. The molecule has 0 aliphatic heterocycles. The standard InChI is InChI=1S/C12H13BrClI/c1-12(2,3)9-6-4-8(5-7-9)10(14)11(13)15/h4-7H,1-3H3. The van der Waals surface area contributed by atoms with Crippen molar-refractivity contribution in [2.45, 2.75) is 26.2 Å². The van der Waals surface area contributed by atoms with Crippen molar-refractivity contribution < 1.29 is 0 Å². The van der Waals surface area contributed by atoms with E-state index in [1.165, 1.54) is 5.56 Å². The normalized spacial score (nSPS) is 13.7. The summed E-state index contributed by atoms with van der Waals surface area (Å²) in [5.74, 6) is 0. The van der Waals surface area contributed by atoms with Gasteiger partial charge in [0.05, 0.1) is 7.52 Å². The van der Waals surface area contributed by atoms with E-state index in [9.17, 15) is 0 Å². The Morgan fingerprint density at radius 2 is 1.67 bits per heavy atom. The van der Waals surface area contributed by atoms with E-state index >= 15 is 0 Å². The SMILES string of the molecule is CC(C)(C)c1ccc(C(Cl)=C(Br)I)cc1. The van der Waals surface area contributed by atoms with Gasteiger partial charge in [0.15, 0.2) is 0 Å². The Morgan fingerprint density at radius 3 is 2.00 bits per heavy atom. The molecule has 0 unspecified atom stereocenters. The second-order valence-corrected chi connectivity index (χ2v) is 8.13. The summed E-state index contributed by atoms with van der Waals surface area (Å²) < 4.78 is 0.935. The molecule has 0 nitrogen and oxygen atoms in total. The highest BCUT2D eigenvalue weighted by atomic mass is 127. The molecule has 0 aliphatic carbocycles. The van der Waals surface area contributed by atoms with Gasteiger partial charge in [-0.25, -0.2) is 0 Å². The second kappa shape index (κ2) is 5.19. The molecule has 3 heteroatoms. The minimum absolute atomic E-state index is 0.191. The van der Waals surface area contributed by atoms with Gasteiger partial charge < -0.3 is 0 Å². The van der Waals surface area contributed by atoms with Crippen LogP contribution in [0.2, 0.25) is 0 Å². The molecule has 0 saturated heterocycles. The van der Waals surface area contributed by atoms with Crippen LogP contribution in [0, 0.1) is 0 Å². The molecular formula is C12H13BrClI. The van der Waals surface area contributed by atoms with Crippen LogP contribution in [-0.2, 0) is 5.41 Å². The van der Waals surface area contributed by atoms with E-state index in [4.69, 9.17) is 11.6 Å².